The third kappa shape index (κ3) is 9.16. The van der Waals surface area contributed by atoms with E-state index in [2.05, 4.69) is 5.32 Å². The van der Waals surface area contributed by atoms with Crippen LogP contribution in [0.1, 0.15) is 52.5 Å². The molecular formula is C26H34Cl2FN3O4S. The van der Waals surface area contributed by atoms with E-state index in [-0.39, 0.29) is 37.7 Å². The number of carbonyl (C=O) groups excluding carboxylic acids is 2. The summed E-state index contributed by atoms with van der Waals surface area (Å²) < 4.78 is 39.2. The van der Waals surface area contributed by atoms with Gasteiger partial charge in [0.15, 0.2) is 0 Å². The summed E-state index contributed by atoms with van der Waals surface area (Å²) in [6.07, 6.45) is 1.54. The van der Waals surface area contributed by atoms with Gasteiger partial charge >= 0.3 is 0 Å². The van der Waals surface area contributed by atoms with Crippen LogP contribution in [-0.2, 0) is 26.2 Å². The fourth-order valence-electron chi connectivity index (χ4n) is 3.84. The Bertz CT molecular complexity index is 1180. The van der Waals surface area contributed by atoms with Gasteiger partial charge in [-0.2, -0.15) is 0 Å². The highest BCUT2D eigenvalue weighted by Gasteiger charge is 2.31. The monoisotopic (exact) mass is 573 g/mol. The van der Waals surface area contributed by atoms with Crippen molar-refractivity contribution < 1.29 is 22.4 Å². The topological polar surface area (TPSA) is 86.8 Å². The molecule has 37 heavy (non-hydrogen) atoms. The molecular weight excluding hydrogens is 540 g/mol. The molecule has 11 heteroatoms. The normalized spacial score (nSPS) is 12.6. The third-order valence-corrected chi connectivity index (χ3v) is 7.44. The van der Waals surface area contributed by atoms with E-state index >= 15 is 0 Å². The number of halogens is 3. The smallest absolute Gasteiger partial charge is 0.243 e. The molecule has 204 valence electrons. The summed E-state index contributed by atoms with van der Waals surface area (Å²) in [5.74, 6) is -1.14. The minimum absolute atomic E-state index is 0.00186. The number of hydrogen-bond donors (Lipinski definition) is 1. The summed E-state index contributed by atoms with van der Waals surface area (Å²) in [5.41, 5.74) is 0.309. The molecule has 0 fully saturated rings. The Morgan fingerprint density at radius 1 is 1.05 bits per heavy atom. The second-order valence-electron chi connectivity index (χ2n) is 9.80. The second-order valence-corrected chi connectivity index (χ2v) is 12.5. The highest BCUT2D eigenvalue weighted by atomic mass is 35.5. The van der Waals surface area contributed by atoms with E-state index in [4.69, 9.17) is 23.2 Å². The second kappa shape index (κ2) is 12.9. The molecule has 2 amide bonds. The van der Waals surface area contributed by atoms with Gasteiger partial charge in [-0.15, -0.1) is 0 Å². The summed E-state index contributed by atoms with van der Waals surface area (Å²) in [6.45, 7) is 7.38. The fourth-order valence-corrected chi connectivity index (χ4v) is 5.32. The molecule has 0 saturated carbocycles. The first kappa shape index (κ1) is 30.9. The number of sulfonamides is 1. The number of rotatable bonds is 11. The molecule has 0 unspecified atom stereocenters. The maximum Gasteiger partial charge on any atom is 0.243 e. The van der Waals surface area contributed by atoms with Crippen molar-refractivity contribution in [3.8, 4) is 0 Å². The molecule has 0 bridgehead atoms. The molecule has 2 rings (SSSR count). The van der Waals surface area contributed by atoms with E-state index in [1.165, 1.54) is 29.2 Å². The molecule has 1 atom stereocenters. The lowest BCUT2D eigenvalue weighted by molar-refractivity contribution is -0.142. The van der Waals surface area contributed by atoms with E-state index in [1.807, 2.05) is 20.8 Å². The quantitative estimate of drug-likeness (QED) is 0.390. The molecule has 0 aromatic heterocycles. The van der Waals surface area contributed by atoms with Gasteiger partial charge in [-0.3, -0.25) is 13.9 Å². The van der Waals surface area contributed by atoms with Crippen molar-refractivity contribution in [2.75, 3.05) is 17.1 Å². The predicted octanol–water partition coefficient (Wildman–Crippen LogP) is 5.40. The van der Waals surface area contributed by atoms with E-state index in [9.17, 15) is 22.4 Å². The van der Waals surface area contributed by atoms with Gasteiger partial charge in [0, 0.05) is 40.7 Å². The van der Waals surface area contributed by atoms with Gasteiger partial charge in [-0.05, 0) is 70.0 Å². The van der Waals surface area contributed by atoms with Gasteiger partial charge < -0.3 is 10.2 Å². The van der Waals surface area contributed by atoms with Crippen molar-refractivity contribution in [2.45, 2.75) is 65.1 Å². The zero-order valence-corrected chi connectivity index (χ0v) is 24.1. The molecule has 0 radical (unpaired) electrons. The highest BCUT2D eigenvalue weighted by Crippen LogP contribution is 2.28. The van der Waals surface area contributed by atoms with Gasteiger partial charge in [0.2, 0.25) is 21.8 Å². The maximum atomic E-state index is 13.5. The van der Waals surface area contributed by atoms with Crippen LogP contribution in [0, 0.1) is 5.82 Å². The number of nitrogens with zero attached hydrogens (tertiary/aromatic N) is 2. The SMILES string of the molecule is CC[C@H](C(=O)NC(C)(C)C)N(Cc1c(Cl)cccc1Cl)C(=O)CCCN(c1ccc(F)cc1)S(C)(=O)=O. The van der Waals surface area contributed by atoms with Crippen molar-refractivity contribution >= 4 is 50.7 Å². The average Bonchev–Trinajstić information content (AvgIpc) is 2.77. The lowest BCUT2D eigenvalue weighted by Crippen LogP contribution is -2.53. The van der Waals surface area contributed by atoms with Gasteiger partial charge in [0.05, 0.1) is 11.9 Å². The number of benzene rings is 2. The molecule has 0 spiro atoms. The number of amides is 2. The summed E-state index contributed by atoms with van der Waals surface area (Å²) in [6, 6.07) is 9.31. The van der Waals surface area contributed by atoms with Crippen molar-refractivity contribution in [1.29, 1.82) is 0 Å². The van der Waals surface area contributed by atoms with Gasteiger partial charge in [-0.25, -0.2) is 12.8 Å². The minimum atomic E-state index is -3.68. The first-order chi connectivity index (χ1) is 17.1. The van der Waals surface area contributed by atoms with Crippen LogP contribution >= 0.6 is 23.2 Å². The number of anilines is 1. The first-order valence-electron chi connectivity index (χ1n) is 11.9. The van der Waals surface area contributed by atoms with E-state index < -0.39 is 27.4 Å². The minimum Gasteiger partial charge on any atom is -0.350 e. The molecule has 1 N–H and O–H groups in total. The summed E-state index contributed by atoms with van der Waals surface area (Å²) >= 11 is 12.7. The molecule has 2 aromatic carbocycles. The van der Waals surface area contributed by atoms with Crippen LogP contribution in [0.25, 0.3) is 0 Å². The molecule has 0 saturated heterocycles. The molecule has 0 heterocycles. The van der Waals surface area contributed by atoms with Crippen molar-refractivity contribution in [2.24, 2.45) is 0 Å². The van der Waals surface area contributed by atoms with Crippen LogP contribution in [0.15, 0.2) is 42.5 Å². The summed E-state index contributed by atoms with van der Waals surface area (Å²) in [7, 11) is -3.68. The van der Waals surface area contributed by atoms with Gasteiger partial charge in [-0.1, -0.05) is 36.2 Å². The van der Waals surface area contributed by atoms with Gasteiger partial charge in [0.1, 0.15) is 11.9 Å². The summed E-state index contributed by atoms with van der Waals surface area (Å²) in [4.78, 5) is 28.1. The number of nitrogens with one attached hydrogen (secondary N) is 1. The van der Waals surface area contributed by atoms with Gasteiger partial charge in [0.25, 0.3) is 0 Å². The number of hydrogen-bond acceptors (Lipinski definition) is 4. The Morgan fingerprint density at radius 2 is 1.62 bits per heavy atom. The Labute approximate surface area is 229 Å². The zero-order chi connectivity index (χ0) is 28.0. The molecule has 0 aliphatic carbocycles. The highest BCUT2D eigenvalue weighted by molar-refractivity contribution is 7.92. The van der Waals surface area contributed by atoms with Crippen molar-refractivity contribution in [3.63, 3.8) is 0 Å². The van der Waals surface area contributed by atoms with Crippen LogP contribution in [0.3, 0.4) is 0 Å². The summed E-state index contributed by atoms with van der Waals surface area (Å²) in [5, 5.41) is 3.67. The Kier molecular flexibility index (Phi) is 10.8. The lowest BCUT2D eigenvalue weighted by Gasteiger charge is -2.33. The van der Waals surface area contributed by atoms with Crippen LogP contribution in [0.4, 0.5) is 10.1 Å². The van der Waals surface area contributed by atoms with E-state index in [0.29, 0.717) is 27.7 Å². The van der Waals surface area contributed by atoms with Crippen LogP contribution in [-0.4, -0.2) is 49.5 Å². The van der Waals surface area contributed by atoms with Crippen LogP contribution < -0.4 is 9.62 Å². The van der Waals surface area contributed by atoms with Crippen LogP contribution in [0.5, 0.6) is 0 Å². The molecule has 0 aliphatic rings. The van der Waals surface area contributed by atoms with Crippen molar-refractivity contribution in [1.82, 2.24) is 10.2 Å². The van der Waals surface area contributed by atoms with E-state index in [1.54, 1.807) is 25.1 Å². The first-order valence-corrected chi connectivity index (χ1v) is 14.5. The third-order valence-electron chi connectivity index (χ3n) is 5.54. The Hall–Kier alpha value is -2.36. The maximum absolute atomic E-state index is 13.5. The standard InChI is InChI=1S/C26H34Cl2FN3O4S/c1-6-23(25(34)30-26(2,3)4)31(17-20-21(27)9-7-10-22(20)28)24(33)11-8-16-32(37(5,35)36)19-14-12-18(29)13-15-19/h7,9-10,12-15,23H,6,8,11,16-17H2,1-5H3,(H,30,34)/t23-/m1/s1. The number of carbonyl (C=O) groups is 2. The molecule has 7 nitrogen and oxygen atoms in total. The molecule has 2 aromatic rings. The largest absolute Gasteiger partial charge is 0.350 e. The van der Waals surface area contributed by atoms with Crippen molar-refractivity contribution in [3.05, 3.63) is 63.9 Å². The average molecular weight is 575 g/mol. The lowest BCUT2D eigenvalue weighted by atomic mass is 10.0. The zero-order valence-electron chi connectivity index (χ0n) is 21.7. The predicted molar refractivity (Wildman–Crippen MR) is 147 cm³/mol. The Balaban J connectivity index is 2.29. The Morgan fingerprint density at radius 3 is 2.11 bits per heavy atom. The van der Waals surface area contributed by atoms with E-state index in [0.717, 1.165) is 10.6 Å². The molecule has 0 aliphatic heterocycles. The van der Waals surface area contributed by atoms with Crippen LogP contribution in [0.2, 0.25) is 10.0 Å². The fraction of sp³-hybridized carbons (Fsp3) is 0.462.